The van der Waals surface area contributed by atoms with Gasteiger partial charge in [0.05, 0.1) is 5.60 Å². The molecule has 0 heterocycles. The van der Waals surface area contributed by atoms with Gasteiger partial charge in [0.15, 0.2) is 0 Å². The lowest BCUT2D eigenvalue weighted by Crippen LogP contribution is -2.41. The summed E-state index contributed by atoms with van der Waals surface area (Å²) in [5.74, 6) is 0.826. The first-order chi connectivity index (χ1) is 9.37. The third kappa shape index (κ3) is 3.29. The molecule has 0 bridgehead atoms. The minimum Gasteiger partial charge on any atom is -0.386 e. The maximum atomic E-state index is 10.6. The Bertz CT molecular complexity index is 450. The molecule has 1 aromatic rings. The minimum absolute atomic E-state index is 0.121. The van der Waals surface area contributed by atoms with Gasteiger partial charge in [-0.15, -0.1) is 18.3 Å². The predicted octanol–water partition coefficient (Wildman–Crippen LogP) is 4.91. The largest absolute Gasteiger partial charge is 0.386 e. The smallest absolute Gasteiger partial charge is 0.0828 e. The van der Waals surface area contributed by atoms with E-state index in [4.69, 9.17) is 0 Å². The second-order valence-corrected chi connectivity index (χ2v) is 8.32. The molecule has 0 amide bonds. The van der Waals surface area contributed by atoms with Gasteiger partial charge in [-0.2, -0.15) is 0 Å². The normalized spacial score (nSPS) is 26.2. The van der Waals surface area contributed by atoms with Crippen LogP contribution >= 0.6 is 11.8 Å². The van der Waals surface area contributed by atoms with Crippen molar-refractivity contribution in [3.63, 3.8) is 0 Å². The van der Waals surface area contributed by atoms with Crippen molar-refractivity contribution in [3.05, 3.63) is 43.0 Å². The van der Waals surface area contributed by atoms with Gasteiger partial charge in [0.25, 0.3) is 0 Å². The van der Waals surface area contributed by atoms with E-state index in [1.807, 2.05) is 18.7 Å². The van der Waals surface area contributed by atoms with E-state index in [0.717, 1.165) is 6.42 Å². The summed E-state index contributed by atoms with van der Waals surface area (Å²) in [7, 11) is 0. The molecule has 1 aliphatic rings. The van der Waals surface area contributed by atoms with E-state index in [-0.39, 0.29) is 4.75 Å². The van der Waals surface area contributed by atoms with Crippen LogP contribution in [0.1, 0.15) is 40.0 Å². The molecule has 1 N–H and O–H groups in total. The van der Waals surface area contributed by atoms with E-state index in [1.165, 1.54) is 17.7 Å². The molecule has 0 unspecified atom stereocenters. The van der Waals surface area contributed by atoms with Crippen LogP contribution in [0.3, 0.4) is 0 Å². The van der Waals surface area contributed by atoms with Crippen molar-refractivity contribution in [2.45, 2.75) is 55.3 Å². The van der Waals surface area contributed by atoms with Gasteiger partial charge in [0, 0.05) is 9.64 Å². The molecule has 1 nitrogen and oxygen atoms in total. The Hall–Kier alpha value is -0.730. The molecule has 1 aromatic carbocycles. The fraction of sp³-hybridized carbons (Fsp3) is 0.556. The monoisotopic (exact) mass is 290 g/mol. The Kier molecular flexibility index (Phi) is 4.66. The van der Waals surface area contributed by atoms with E-state index < -0.39 is 5.60 Å². The van der Waals surface area contributed by atoms with Crippen molar-refractivity contribution in [1.29, 1.82) is 0 Å². The lowest BCUT2D eigenvalue weighted by atomic mass is 9.76. The molecule has 0 aliphatic heterocycles. The standard InChI is InChI=1S/C18H26OS/c1-5-18(4,19)16-13-9-12-15(16)17(2,3)20-14-10-7-6-8-11-14/h5-8,10-11,15-16,19H,1,9,12-13H2,2-4H3/t15-,16-,18-/m1/s1. The molecule has 1 fully saturated rings. The third-order valence-corrected chi connectivity index (χ3v) is 6.03. The number of hydrogen-bond donors (Lipinski definition) is 1. The summed E-state index contributed by atoms with van der Waals surface area (Å²) in [5.41, 5.74) is -0.754. The molecule has 0 radical (unpaired) electrons. The molecule has 0 aromatic heterocycles. The Balaban J connectivity index is 2.18. The molecule has 0 spiro atoms. The average molecular weight is 290 g/mol. The highest BCUT2D eigenvalue weighted by atomic mass is 32.2. The fourth-order valence-corrected chi connectivity index (χ4v) is 4.85. The van der Waals surface area contributed by atoms with E-state index >= 15 is 0 Å². The number of rotatable bonds is 5. The second-order valence-electron chi connectivity index (χ2n) is 6.59. The Labute approximate surface area is 127 Å². The molecule has 20 heavy (non-hydrogen) atoms. The first-order valence-corrected chi connectivity index (χ1v) is 8.28. The summed E-state index contributed by atoms with van der Waals surface area (Å²) >= 11 is 1.93. The molecule has 2 heteroatoms. The zero-order valence-electron chi connectivity index (χ0n) is 12.8. The van der Waals surface area contributed by atoms with Crippen LogP contribution < -0.4 is 0 Å². The second kappa shape index (κ2) is 5.95. The highest BCUT2D eigenvalue weighted by Crippen LogP contribution is 2.51. The fourth-order valence-electron chi connectivity index (χ4n) is 3.51. The summed E-state index contributed by atoms with van der Waals surface area (Å²) in [5, 5.41) is 10.6. The summed E-state index contributed by atoms with van der Waals surface area (Å²) < 4.78 is 0.121. The van der Waals surface area contributed by atoms with Gasteiger partial charge in [0.1, 0.15) is 0 Å². The van der Waals surface area contributed by atoms with Crippen molar-refractivity contribution in [2.24, 2.45) is 11.8 Å². The lowest BCUT2D eigenvalue weighted by Gasteiger charge is -2.40. The number of aliphatic hydroxyl groups is 1. The highest BCUT2D eigenvalue weighted by molar-refractivity contribution is 8.00. The Morgan fingerprint density at radius 2 is 1.75 bits per heavy atom. The van der Waals surface area contributed by atoms with Gasteiger partial charge >= 0.3 is 0 Å². The maximum absolute atomic E-state index is 10.6. The first kappa shape index (κ1) is 15.7. The summed E-state index contributed by atoms with van der Waals surface area (Å²) in [6.07, 6.45) is 5.22. The van der Waals surface area contributed by atoms with Gasteiger partial charge in [-0.1, -0.05) is 44.5 Å². The van der Waals surface area contributed by atoms with Gasteiger partial charge in [-0.3, -0.25) is 0 Å². The third-order valence-electron chi connectivity index (χ3n) is 4.70. The molecule has 110 valence electrons. The van der Waals surface area contributed by atoms with E-state index in [0.29, 0.717) is 11.8 Å². The minimum atomic E-state index is -0.754. The van der Waals surface area contributed by atoms with Crippen LogP contribution in [0.5, 0.6) is 0 Å². The Morgan fingerprint density at radius 3 is 2.35 bits per heavy atom. The van der Waals surface area contributed by atoms with E-state index in [1.54, 1.807) is 6.08 Å². The van der Waals surface area contributed by atoms with Crippen molar-refractivity contribution >= 4 is 11.8 Å². The van der Waals surface area contributed by atoms with Gasteiger partial charge < -0.3 is 5.11 Å². The highest BCUT2D eigenvalue weighted by Gasteiger charge is 2.46. The van der Waals surface area contributed by atoms with Crippen LogP contribution in [-0.2, 0) is 0 Å². The molecule has 3 atom stereocenters. The van der Waals surface area contributed by atoms with Crippen LogP contribution in [0.25, 0.3) is 0 Å². The zero-order valence-corrected chi connectivity index (χ0v) is 13.6. The molecular weight excluding hydrogens is 264 g/mol. The van der Waals surface area contributed by atoms with Crippen molar-refractivity contribution < 1.29 is 5.11 Å². The summed E-state index contributed by atoms with van der Waals surface area (Å²) in [4.78, 5) is 1.31. The van der Waals surface area contributed by atoms with Gasteiger partial charge in [-0.25, -0.2) is 0 Å². The van der Waals surface area contributed by atoms with Crippen molar-refractivity contribution in [2.75, 3.05) is 0 Å². The van der Waals surface area contributed by atoms with E-state index in [2.05, 4.69) is 50.8 Å². The summed E-state index contributed by atoms with van der Waals surface area (Å²) in [6, 6.07) is 10.6. The molecule has 2 rings (SSSR count). The van der Waals surface area contributed by atoms with Crippen molar-refractivity contribution in [1.82, 2.24) is 0 Å². The zero-order chi connectivity index (χ0) is 14.8. The van der Waals surface area contributed by atoms with E-state index in [9.17, 15) is 5.11 Å². The maximum Gasteiger partial charge on any atom is 0.0828 e. The van der Waals surface area contributed by atoms with Crippen molar-refractivity contribution in [3.8, 4) is 0 Å². The lowest BCUT2D eigenvalue weighted by molar-refractivity contribution is 0.0214. The molecular formula is C18H26OS. The number of thioether (sulfide) groups is 1. The molecule has 1 aliphatic carbocycles. The number of benzene rings is 1. The van der Waals surface area contributed by atoms with Crippen LogP contribution in [0.4, 0.5) is 0 Å². The molecule has 0 saturated heterocycles. The first-order valence-electron chi connectivity index (χ1n) is 7.47. The van der Waals surface area contributed by atoms with Crippen LogP contribution in [-0.4, -0.2) is 15.5 Å². The Morgan fingerprint density at radius 1 is 1.15 bits per heavy atom. The SMILES string of the molecule is C=C[C@@](C)(O)[C@@H]1CCC[C@H]1C(C)(C)Sc1ccccc1. The molecule has 1 saturated carbocycles. The van der Waals surface area contributed by atoms with Gasteiger partial charge in [-0.05, 0) is 43.7 Å². The quantitative estimate of drug-likeness (QED) is 0.614. The van der Waals surface area contributed by atoms with Gasteiger partial charge in [0.2, 0.25) is 0 Å². The number of hydrogen-bond acceptors (Lipinski definition) is 2. The summed E-state index contributed by atoms with van der Waals surface area (Å²) in [6.45, 7) is 10.4. The van der Waals surface area contributed by atoms with Crippen LogP contribution in [0.2, 0.25) is 0 Å². The predicted molar refractivity (Wildman–Crippen MR) is 88.0 cm³/mol. The average Bonchev–Trinajstić information content (AvgIpc) is 2.90. The topological polar surface area (TPSA) is 20.2 Å². The van der Waals surface area contributed by atoms with Crippen LogP contribution in [0.15, 0.2) is 47.9 Å². The van der Waals surface area contributed by atoms with Crippen LogP contribution in [0, 0.1) is 11.8 Å².